The molecule has 1 fully saturated rings. The zero-order valence-corrected chi connectivity index (χ0v) is 16.9. The smallest absolute Gasteiger partial charge is 0.252 e. The van der Waals surface area contributed by atoms with Crippen molar-refractivity contribution in [2.75, 3.05) is 13.1 Å². The van der Waals surface area contributed by atoms with Crippen molar-refractivity contribution >= 4 is 32.7 Å². The second kappa shape index (κ2) is 6.41. The Balaban J connectivity index is 1.60. The average Bonchev–Trinajstić information content (AvgIpc) is 3.36. The molecule has 2 atom stereocenters. The molecule has 2 bridgehead atoms. The van der Waals surface area contributed by atoms with E-state index in [2.05, 4.69) is 6.07 Å². The van der Waals surface area contributed by atoms with E-state index in [1.165, 1.54) is 11.3 Å². The lowest BCUT2D eigenvalue weighted by molar-refractivity contribution is 0.187. The first-order valence-electron chi connectivity index (χ1n) is 8.85. The van der Waals surface area contributed by atoms with Gasteiger partial charge >= 0.3 is 0 Å². The Morgan fingerprint density at radius 1 is 0.963 bits per heavy atom. The number of nitrogens with zero attached hydrogens (tertiary/aromatic N) is 2. The molecule has 5 heterocycles. The number of thiophene rings is 2. The van der Waals surface area contributed by atoms with Crippen molar-refractivity contribution in [2.24, 2.45) is 5.92 Å². The van der Waals surface area contributed by atoms with Gasteiger partial charge in [-0.05, 0) is 41.3 Å². The van der Waals surface area contributed by atoms with Gasteiger partial charge in [0.05, 0.1) is 0 Å². The van der Waals surface area contributed by atoms with E-state index in [0.29, 0.717) is 23.8 Å². The van der Waals surface area contributed by atoms with Gasteiger partial charge in [0.1, 0.15) is 4.21 Å². The molecule has 0 spiro atoms. The molecule has 8 heteroatoms. The quantitative estimate of drug-likeness (QED) is 0.655. The SMILES string of the molecule is O=c1ccc(-c2cccs2)c2n1C[C@H]1C[C@@H]2CN(S(=O)(=O)c2cccs2)C1. The maximum Gasteiger partial charge on any atom is 0.252 e. The standard InChI is InChI=1S/C19H18N2O3S3/c22-17-6-5-15(16-3-1-7-25-16)19-14-9-13(11-21(17)19)10-20(12-14)27(23,24)18-4-2-8-26-18/h1-8,13-14H,9-12H2/t13-,14+/m0/s1. The van der Waals surface area contributed by atoms with Crippen LogP contribution in [-0.4, -0.2) is 30.4 Å². The van der Waals surface area contributed by atoms with Crippen LogP contribution in [0.4, 0.5) is 0 Å². The number of pyridine rings is 1. The van der Waals surface area contributed by atoms with Gasteiger partial charge in [0.15, 0.2) is 0 Å². The highest BCUT2D eigenvalue weighted by molar-refractivity contribution is 7.91. The number of rotatable bonds is 3. The fraction of sp³-hybridized carbons (Fsp3) is 0.316. The van der Waals surface area contributed by atoms with Crippen LogP contribution in [0.2, 0.25) is 0 Å². The molecule has 5 nitrogen and oxygen atoms in total. The Kier molecular flexibility index (Phi) is 4.12. The molecule has 3 aromatic rings. The van der Waals surface area contributed by atoms with E-state index in [4.69, 9.17) is 0 Å². The summed E-state index contributed by atoms with van der Waals surface area (Å²) in [5.41, 5.74) is 2.06. The van der Waals surface area contributed by atoms with E-state index < -0.39 is 10.0 Å². The van der Waals surface area contributed by atoms with Crippen molar-refractivity contribution in [3.05, 3.63) is 63.2 Å². The Morgan fingerprint density at radius 3 is 2.52 bits per heavy atom. The summed E-state index contributed by atoms with van der Waals surface area (Å²) in [6.45, 7) is 1.49. The van der Waals surface area contributed by atoms with Crippen molar-refractivity contribution in [3.63, 3.8) is 0 Å². The topological polar surface area (TPSA) is 59.4 Å². The van der Waals surface area contributed by atoms with Crippen LogP contribution in [0.1, 0.15) is 18.0 Å². The summed E-state index contributed by atoms with van der Waals surface area (Å²) in [4.78, 5) is 13.6. The maximum absolute atomic E-state index is 13.0. The molecule has 3 aromatic heterocycles. The van der Waals surface area contributed by atoms with Gasteiger partial charge in [-0.2, -0.15) is 4.31 Å². The van der Waals surface area contributed by atoms with Gasteiger partial charge < -0.3 is 4.57 Å². The van der Waals surface area contributed by atoms with Gasteiger partial charge in [0.25, 0.3) is 15.6 Å². The normalized spacial score (nSPS) is 22.5. The molecule has 0 aromatic carbocycles. The van der Waals surface area contributed by atoms with Crippen LogP contribution in [0.25, 0.3) is 10.4 Å². The zero-order valence-electron chi connectivity index (χ0n) is 14.4. The molecule has 0 radical (unpaired) electrons. The van der Waals surface area contributed by atoms with Gasteiger partial charge in [0.2, 0.25) is 0 Å². The molecular formula is C19H18N2O3S3. The van der Waals surface area contributed by atoms with E-state index in [1.54, 1.807) is 39.2 Å². The minimum Gasteiger partial charge on any atom is -0.311 e. The summed E-state index contributed by atoms with van der Waals surface area (Å²) in [6.07, 6.45) is 0.929. The van der Waals surface area contributed by atoms with Gasteiger partial charge in [-0.25, -0.2) is 8.42 Å². The van der Waals surface area contributed by atoms with Gasteiger partial charge in [0, 0.05) is 47.8 Å². The van der Waals surface area contributed by atoms with Gasteiger partial charge in [-0.1, -0.05) is 12.1 Å². The molecule has 0 N–H and O–H groups in total. The predicted molar refractivity (Wildman–Crippen MR) is 108 cm³/mol. The van der Waals surface area contributed by atoms with E-state index >= 15 is 0 Å². The molecule has 0 unspecified atom stereocenters. The summed E-state index contributed by atoms with van der Waals surface area (Å²) in [6, 6.07) is 11.0. The summed E-state index contributed by atoms with van der Waals surface area (Å²) < 4.78 is 30.0. The molecule has 1 saturated heterocycles. The van der Waals surface area contributed by atoms with Crippen LogP contribution in [0.3, 0.4) is 0 Å². The van der Waals surface area contributed by atoms with E-state index in [-0.39, 0.29) is 17.4 Å². The summed E-state index contributed by atoms with van der Waals surface area (Å²) in [5.74, 6) is 0.209. The number of fused-ring (bicyclic) bond motifs is 4. The summed E-state index contributed by atoms with van der Waals surface area (Å²) in [7, 11) is -3.47. The van der Waals surface area contributed by atoms with Crippen molar-refractivity contribution < 1.29 is 8.42 Å². The number of hydrogen-bond donors (Lipinski definition) is 0. The Labute approximate surface area is 165 Å². The van der Waals surface area contributed by atoms with Crippen LogP contribution in [0.5, 0.6) is 0 Å². The Bertz CT molecular complexity index is 1130. The van der Waals surface area contributed by atoms with E-state index in [1.807, 2.05) is 22.1 Å². The minimum atomic E-state index is -3.47. The Morgan fingerprint density at radius 2 is 1.78 bits per heavy atom. The highest BCUT2D eigenvalue weighted by Gasteiger charge is 2.40. The lowest BCUT2D eigenvalue weighted by atomic mass is 9.82. The maximum atomic E-state index is 13.0. The molecule has 2 aliphatic rings. The third-order valence-corrected chi connectivity index (χ3v) is 9.54. The largest absolute Gasteiger partial charge is 0.311 e. The van der Waals surface area contributed by atoms with Gasteiger partial charge in [-0.15, -0.1) is 22.7 Å². The van der Waals surface area contributed by atoms with E-state index in [9.17, 15) is 13.2 Å². The molecule has 140 valence electrons. The first kappa shape index (κ1) is 17.4. The third-order valence-electron chi connectivity index (χ3n) is 5.43. The fourth-order valence-corrected chi connectivity index (χ4v) is 7.81. The summed E-state index contributed by atoms with van der Waals surface area (Å²) in [5, 5.41) is 3.82. The predicted octanol–water partition coefficient (Wildman–Crippen LogP) is 3.45. The first-order valence-corrected chi connectivity index (χ1v) is 12.1. The molecule has 5 rings (SSSR count). The highest BCUT2D eigenvalue weighted by atomic mass is 32.2. The van der Waals surface area contributed by atoms with Crippen molar-refractivity contribution in [3.8, 4) is 10.4 Å². The molecule has 27 heavy (non-hydrogen) atoms. The number of hydrogen-bond acceptors (Lipinski definition) is 5. The molecular weight excluding hydrogens is 400 g/mol. The zero-order chi connectivity index (χ0) is 18.6. The van der Waals surface area contributed by atoms with Gasteiger partial charge in [-0.3, -0.25) is 4.79 Å². The van der Waals surface area contributed by atoms with Crippen molar-refractivity contribution in [2.45, 2.75) is 23.1 Å². The number of sulfonamides is 1. The molecule has 0 saturated carbocycles. The molecule has 2 aliphatic heterocycles. The van der Waals surface area contributed by atoms with Crippen LogP contribution in [0.15, 0.2) is 56.2 Å². The number of aromatic nitrogens is 1. The third kappa shape index (κ3) is 2.82. The fourth-order valence-electron chi connectivity index (χ4n) is 4.34. The molecule has 0 amide bonds. The highest BCUT2D eigenvalue weighted by Crippen LogP contribution is 2.42. The molecule has 0 aliphatic carbocycles. The minimum absolute atomic E-state index is 0.00886. The van der Waals surface area contributed by atoms with Crippen LogP contribution >= 0.6 is 22.7 Å². The van der Waals surface area contributed by atoms with Crippen molar-refractivity contribution in [1.82, 2.24) is 8.87 Å². The summed E-state index contributed by atoms with van der Waals surface area (Å²) >= 11 is 2.90. The van der Waals surface area contributed by atoms with E-state index in [0.717, 1.165) is 22.6 Å². The van der Waals surface area contributed by atoms with Crippen LogP contribution in [-0.2, 0) is 16.6 Å². The first-order chi connectivity index (χ1) is 13.0. The second-order valence-corrected chi connectivity index (χ2v) is 11.2. The Hall–Kier alpha value is -1.74. The van der Waals surface area contributed by atoms with Crippen LogP contribution in [0, 0.1) is 5.92 Å². The van der Waals surface area contributed by atoms with Crippen molar-refractivity contribution in [1.29, 1.82) is 0 Å². The lowest BCUT2D eigenvalue weighted by Gasteiger charge is -2.42. The lowest BCUT2D eigenvalue weighted by Crippen LogP contribution is -2.49. The second-order valence-electron chi connectivity index (χ2n) is 7.11. The average molecular weight is 419 g/mol. The van der Waals surface area contributed by atoms with Crippen LogP contribution < -0.4 is 5.56 Å². The number of piperidine rings is 1. The monoisotopic (exact) mass is 418 g/mol.